The predicted octanol–water partition coefficient (Wildman–Crippen LogP) is 1.11. The highest BCUT2D eigenvalue weighted by Gasteiger charge is 2.06. The standard InChI is InChI=1S/C8H7FN4/c1-6-11-2-3-13(6)8-7(9)4-10-5-12-8/h2-5H,1H3. The molecule has 0 amide bonds. The minimum Gasteiger partial charge on any atom is -0.286 e. The first-order valence-corrected chi connectivity index (χ1v) is 3.75. The molecule has 5 heteroatoms. The monoisotopic (exact) mass is 178 g/mol. The number of imidazole rings is 1. The molecule has 2 aromatic rings. The lowest BCUT2D eigenvalue weighted by atomic mass is 10.5. The Morgan fingerprint density at radius 2 is 2.23 bits per heavy atom. The van der Waals surface area contributed by atoms with Crippen LogP contribution in [-0.2, 0) is 0 Å². The Bertz CT molecular complexity index is 424. The van der Waals surface area contributed by atoms with Gasteiger partial charge >= 0.3 is 0 Å². The van der Waals surface area contributed by atoms with E-state index in [0.29, 0.717) is 5.82 Å². The van der Waals surface area contributed by atoms with Crippen LogP contribution in [0.4, 0.5) is 4.39 Å². The van der Waals surface area contributed by atoms with Gasteiger partial charge in [-0.25, -0.2) is 19.3 Å². The van der Waals surface area contributed by atoms with Gasteiger partial charge in [-0.15, -0.1) is 0 Å². The largest absolute Gasteiger partial charge is 0.286 e. The second-order valence-corrected chi connectivity index (χ2v) is 2.54. The van der Waals surface area contributed by atoms with Gasteiger partial charge < -0.3 is 0 Å². The fourth-order valence-electron chi connectivity index (χ4n) is 1.09. The lowest BCUT2D eigenvalue weighted by Crippen LogP contribution is -2.02. The normalized spacial score (nSPS) is 10.3. The summed E-state index contributed by atoms with van der Waals surface area (Å²) in [7, 11) is 0. The lowest BCUT2D eigenvalue weighted by molar-refractivity contribution is 0.599. The molecular formula is C8H7FN4. The number of hydrogen-bond donors (Lipinski definition) is 0. The average Bonchev–Trinajstić information content (AvgIpc) is 2.52. The summed E-state index contributed by atoms with van der Waals surface area (Å²) >= 11 is 0. The molecule has 0 saturated heterocycles. The van der Waals surface area contributed by atoms with Crippen LogP contribution in [0.3, 0.4) is 0 Å². The van der Waals surface area contributed by atoms with E-state index in [4.69, 9.17) is 0 Å². The molecule has 0 atom stereocenters. The van der Waals surface area contributed by atoms with Crippen molar-refractivity contribution in [3.8, 4) is 5.82 Å². The highest BCUT2D eigenvalue weighted by atomic mass is 19.1. The molecule has 66 valence electrons. The maximum atomic E-state index is 13.2. The molecule has 0 aromatic carbocycles. The molecule has 4 nitrogen and oxygen atoms in total. The Balaban J connectivity index is 2.59. The summed E-state index contributed by atoms with van der Waals surface area (Å²) in [4.78, 5) is 11.4. The third-order valence-corrected chi connectivity index (χ3v) is 1.70. The Morgan fingerprint density at radius 3 is 2.85 bits per heavy atom. The van der Waals surface area contributed by atoms with Crippen LogP contribution in [0, 0.1) is 12.7 Å². The first kappa shape index (κ1) is 7.85. The number of nitrogens with zero attached hydrogens (tertiary/aromatic N) is 4. The van der Waals surface area contributed by atoms with Crippen molar-refractivity contribution < 1.29 is 4.39 Å². The Kier molecular flexibility index (Phi) is 1.77. The van der Waals surface area contributed by atoms with Crippen LogP contribution in [0.1, 0.15) is 5.82 Å². The molecule has 2 heterocycles. The third-order valence-electron chi connectivity index (χ3n) is 1.70. The summed E-state index contributed by atoms with van der Waals surface area (Å²) < 4.78 is 14.7. The molecule has 0 fully saturated rings. The molecule has 13 heavy (non-hydrogen) atoms. The van der Waals surface area contributed by atoms with Crippen molar-refractivity contribution >= 4 is 0 Å². The second-order valence-electron chi connectivity index (χ2n) is 2.54. The van der Waals surface area contributed by atoms with Gasteiger partial charge in [0.1, 0.15) is 12.2 Å². The number of halogens is 1. The Morgan fingerprint density at radius 1 is 1.38 bits per heavy atom. The summed E-state index contributed by atoms with van der Waals surface area (Å²) in [6, 6.07) is 0. The minimum absolute atomic E-state index is 0.227. The van der Waals surface area contributed by atoms with Gasteiger partial charge in [0.2, 0.25) is 0 Å². The number of aromatic nitrogens is 4. The van der Waals surface area contributed by atoms with Crippen LogP contribution < -0.4 is 0 Å². The van der Waals surface area contributed by atoms with Crippen molar-refractivity contribution in [3.05, 3.63) is 36.6 Å². The highest BCUT2D eigenvalue weighted by Crippen LogP contribution is 2.09. The molecule has 2 rings (SSSR count). The van der Waals surface area contributed by atoms with E-state index in [2.05, 4.69) is 15.0 Å². The van der Waals surface area contributed by atoms with Gasteiger partial charge in [-0.3, -0.25) is 4.57 Å². The lowest BCUT2D eigenvalue weighted by Gasteiger charge is -2.02. The van der Waals surface area contributed by atoms with Crippen LogP contribution in [0.5, 0.6) is 0 Å². The summed E-state index contributed by atoms with van der Waals surface area (Å²) in [6.45, 7) is 1.78. The zero-order valence-corrected chi connectivity index (χ0v) is 6.98. The third kappa shape index (κ3) is 1.28. The van der Waals surface area contributed by atoms with E-state index in [9.17, 15) is 4.39 Å². The van der Waals surface area contributed by atoms with E-state index in [0.717, 1.165) is 6.20 Å². The van der Waals surface area contributed by atoms with E-state index < -0.39 is 5.82 Å². The van der Waals surface area contributed by atoms with Crippen LogP contribution in [0.25, 0.3) is 5.82 Å². The predicted molar refractivity (Wildman–Crippen MR) is 43.8 cm³/mol. The SMILES string of the molecule is Cc1nccn1-c1ncncc1F. The number of hydrogen-bond acceptors (Lipinski definition) is 3. The fourth-order valence-corrected chi connectivity index (χ4v) is 1.09. The molecule has 0 saturated carbocycles. The van der Waals surface area contributed by atoms with E-state index in [1.165, 1.54) is 6.33 Å². The van der Waals surface area contributed by atoms with Crippen LogP contribution in [0.15, 0.2) is 24.9 Å². The number of aryl methyl sites for hydroxylation is 1. The average molecular weight is 178 g/mol. The topological polar surface area (TPSA) is 43.6 Å². The van der Waals surface area contributed by atoms with Crippen molar-refractivity contribution in [1.82, 2.24) is 19.5 Å². The summed E-state index contributed by atoms with van der Waals surface area (Å²) in [5.41, 5.74) is 0. The quantitative estimate of drug-likeness (QED) is 0.657. The second kappa shape index (κ2) is 2.93. The minimum atomic E-state index is -0.455. The number of rotatable bonds is 1. The molecule has 0 aliphatic rings. The van der Waals surface area contributed by atoms with Gasteiger partial charge in [0.25, 0.3) is 0 Å². The van der Waals surface area contributed by atoms with Gasteiger partial charge in [-0.05, 0) is 6.92 Å². The van der Waals surface area contributed by atoms with Crippen molar-refractivity contribution in [2.45, 2.75) is 6.92 Å². The molecule has 0 radical (unpaired) electrons. The van der Waals surface area contributed by atoms with Gasteiger partial charge in [0.05, 0.1) is 6.20 Å². The summed E-state index contributed by atoms with van der Waals surface area (Å²) in [5.74, 6) is 0.464. The zero-order chi connectivity index (χ0) is 9.26. The maximum absolute atomic E-state index is 13.2. The zero-order valence-electron chi connectivity index (χ0n) is 6.98. The first-order valence-electron chi connectivity index (χ1n) is 3.75. The smallest absolute Gasteiger partial charge is 0.184 e. The molecule has 0 spiro atoms. The van der Waals surface area contributed by atoms with Crippen LogP contribution in [0.2, 0.25) is 0 Å². The van der Waals surface area contributed by atoms with Gasteiger partial charge in [-0.2, -0.15) is 0 Å². The van der Waals surface area contributed by atoms with E-state index >= 15 is 0 Å². The van der Waals surface area contributed by atoms with Gasteiger partial charge in [0, 0.05) is 12.4 Å². The Labute approximate surface area is 74.1 Å². The molecule has 2 aromatic heterocycles. The molecular weight excluding hydrogens is 171 g/mol. The van der Waals surface area contributed by atoms with Gasteiger partial charge in [-0.1, -0.05) is 0 Å². The molecule has 0 aliphatic carbocycles. The molecule has 0 bridgehead atoms. The first-order chi connectivity index (χ1) is 6.29. The van der Waals surface area contributed by atoms with Crippen molar-refractivity contribution in [3.63, 3.8) is 0 Å². The molecule has 0 unspecified atom stereocenters. The fraction of sp³-hybridized carbons (Fsp3) is 0.125. The summed E-state index contributed by atoms with van der Waals surface area (Å²) in [6.07, 6.45) is 5.68. The van der Waals surface area contributed by atoms with E-state index in [1.807, 2.05) is 0 Å². The van der Waals surface area contributed by atoms with Crippen molar-refractivity contribution in [2.75, 3.05) is 0 Å². The van der Waals surface area contributed by atoms with Gasteiger partial charge in [0.15, 0.2) is 11.6 Å². The van der Waals surface area contributed by atoms with Crippen LogP contribution >= 0.6 is 0 Å². The maximum Gasteiger partial charge on any atom is 0.184 e. The summed E-state index contributed by atoms with van der Waals surface area (Å²) in [5, 5.41) is 0. The van der Waals surface area contributed by atoms with Crippen LogP contribution in [-0.4, -0.2) is 19.5 Å². The molecule has 0 N–H and O–H groups in total. The highest BCUT2D eigenvalue weighted by molar-refractivity contribution is 5.23. The Hall–Kier alpha value is -1.78. The van der Waals surface area contributed by atoms with E-state index in [1.54, 1.807) is 23.9 Å². The molecule has 0 aliphatic heterocycles. The van der Waals surface area contributed by atoms with Crippen molar-refractivity contribution in [2.24, 2.45) is 0 Å². The van der Waals surface area contributed by atoms with E-state index in [-0.39, 0.29) is 5.82 Å². The van der Waals surface area contributed by atoms with Crippen molar-refractivity contribution in [1.29, 1.82) is 0 Å².